The van der Waals surface area contributed by atoms with E-state index in [2.05, 4.69) is 46.8 Å². The summed E-state index contributed by atoms with van der Waals surface area (Å²) in [6.07, 6.45) is 7.77. The second kappa shape index (κ2) is 8.70. The smallest absolute Gasteiger partial charge is 0.0569 e. The lowest BCUT2D eigenvalue weighted by molar-refractivity contribution is 0.474. The van der Waals surface area contributed by atoms with E-state index in [1.165, 1.54) is 12.1 Å². The lowest BCUT2D eigenvalue weighted by Gasteiger charge is -2.20. The van der Waals surface area contributed by atoms with Gasteiger partial charge in [-0.2, -0.15) is 0 Å². The maximum absolute atomic E-state index is 4.70. The molecule has 0 N–H and O–H groups in total. The average Bonchev–Trinajstić information content (AvgIpc) is 2.22. The molecule has 1 heteroatoms. The molecule has 1 nitrogen and oxygen atoms in total. The molecule has 0 aromatic rings. The Morgan fingerprint density at radius 3 is 2.20 bits per heavy atom. The summed E-state index contributed by atoms with van der Waals surface area (Å²) in [6.45, 7) is 12.1. The van der Waals surface area contributed by atoms with Crippen LogP contribution in [0.5, 0.6) is 0 Å². The normalized spacial score (nSPS) is 15.2. The van der Waals surface area contributed by atoms with Gasteiger partial charge in [-0.15, -0.1) is 0 Å². The molecule has 88 valence electrons. The molecule has 0 amide bonds. The predicted molar refractivity (Wildman–Crippen MR) is 70.6 cm³/mol. The van der Waals surface area contributed by atoms with Gasteiger partial charge in [0.05, 0.1) is 6.54 Å². The van der Waals surface area contributed by atoms with Crippen LogP contribution >= 0.6 is 0 Å². The molecule has 0 rings (SSSR count). The van der Waals surface area contributed by atoms with Crippen molar-refractivity contribution in [1.29, 1.82) is 0 Å². The van der Waals surface area contributed by atoms with Crippen molar-refractivity contribution in [2.45, 2.75) is 53.9 Å². The first-order valence-corrected chi connectivity index (χ1v) is 6.35. The predicted octanol–water partition coefficient (Wildman–Crippen LogP) is 4.49. The van der Waals surface area contributed by atoms with Gasteiger partial charge in [0, 0.05) is 5.71 Å². The fraction of sp³-hybridized carbons (Fsp3) is 0.786. The van der Waals surface area contributed by atoms with E-state index in [0.29, 0.717) is 11.8 Å². The number of hydrogen-bond acceptors (Lipinski definition) is 1. The highest BCUT2D eigenvalue weighted by atomic mass is 14.7. The van der Waals surface area contributed by atoms with Crippen LogP contribution in [-0.4, -0.2) is 12.3 Å². The van der Waals surface area contributed by atoms with Crippen LogP contribution < -0.4 is 0 Å². The highest BCUT2D eigenvalue weighted by molar-refractivity contribution is 5.86. The number of nitrogens with zero attached hydrogens (tertiary/aromatic N) is 1. The zero-order valence-corrected chi connectivity index (χ0v) is 11.1. The fourth-order valence-electron chi connectivity index (χ4n) is 1.99. The molecule has 1 atom stereocenters. The molecular formula is C14H27N. The summed E-state index contributed by atoms with van der Waals surface area (Å²) < 4.78 is 0. The third kappa shape index (κ3) is 5.76. The molecule has 0 aliphatic heterocycles. The Labute approximate surface area is 95.7 Å². The van der Waals surface area contributed by atoms with E-state index in [4.69, 9.17) is 4.99 Å². The minimum absolute atomic E-state index is 0.671. The topological polar surface area (TPSA) is 12.4 Å². The summed E-state index contributed by atoms with van der Waals surface area (Å²) in [5.41, 5.74) is 1.40. The summed E-state index contributed by atoms with van der Waals surface area (Å²) in [4.78, 5) is 4.70. The van der Waals surface area contributed by atoms with Crippen LogP contribution in [0.3, 0.4) is 0 Å². The van der Waals surface area contributed by atoms with Crippen molar-refractivity contribution < 1.29 is 0 Å². The molecule has 0 saturated carbocycles. The minimum Gasteiger partial charge on any atom is -0.290 e. The first-order chi connectivity index (χ1) is 7.17. The standard InChI is InChI=1S/C14H27N/c1-6-9-10-11-15-14(8-3)13(7-2)12(4)5/h9-10,12-13H,6-8,11H2,1-5H3. The maximum Gasteiger partial charge on any atom is 0.0569 e. The molecule has 0 aliphatic rings. The van der Waals surface area contributed by atoms with Crippen molar-refractivity contribution in [3.8, 4) is 0 Å². The van der Waals surface area contributed by atoms with E-state index in [9.17, 15) is 0 Å². The second-order valence-corrected chi connectivity index (χ2v) is 4.32. The summed E-state index contributed by atoms with van der Waals surface area (Å²) in [5, 5.41) is 0. The molecule has 0 heterocycles. The highest BCUT2D eigenvalue weighted by Crippen LogP contribution is 2.18. The molecule has 0 bridgehead atoms. The van der Waals surface area contributed by atoms with Crippen LogP contribution in [0.4, 0.5) is 0 Å². The van der Waals surface area contributed by atoms with Crippen LogP contribution in [0, 0.1) is 11.8 Å². The van der Waals surface area contributed by atoms with Gasteiger partial charge in [-0.05, 0) is 31.1 Å². The Bertz CT molecular complexity index is 201. The van der Waals surface area contributed by atoms with Gasteiger partial charge in [-0.3, -0.25) is 4.99 Å². The Kier molecular flexibility index (Phi) is 8.35. The molecule has 0 saturated heterocycles. The van der Waals surface area contributed by atoms with E-state index in [0.717, 1.165) is 19.4 Å². The van der Waals surface area contributed by atoms with Crippen molar-refractivity contribution in [1.82, 2.24) is 0 Å². The van der Waals surface area contributed by atoms with Crippen molar-refractivity contribution >= 4 is 5.71 Å². The van der Waals surface area contributed by atoms with Gasteiger partial charge in [0.25, 0.3) is 0 Å². The van der Waals surface area contributed by atoms with Crippen LogP contribution in [0.1, 0.15) is 53.9 Å². The largest absolute Gasteiger partial charge is 0.290 e. The van der Waals surface area contributed by atoms with Crippen molar-refractivity contribution in [2.75, 3.05) is 6.54 Å². The first-order valence-electron chi connectivity index (χ1n) is 6.35. The number of hydrogen-bond donors (Lipinski definition) is 0. The van der Waals surface area contributed by atoms with Crippen LogP contribution in [0.15, 0.2) is 17.1 Å². The van der Waals surface area contributed by atoms with Gasteiger partial charge in [0.15, 0.2) is 0 Å². The molecule has 0 fully saturated rings. The van der Waals surface area contributed by atoms with Gasteiger partial charge in [0.2, 0.25) is 0 Å². The first kappa shape index (κ1) is 14.4. The van der Waals surface area contributed by atoms with E-state index >= 15 is 0 Å². The van der Waals surface area contributed by atoms with E-state index < -0.39 is 0 Å². The number of aliphatic imine (C=N–C) groups is 1. The van der Waals surface area contributed by atoms with Gasteiger partial charge in [-0.1, -0.05) is 46.8 Å². The third-order valence-corrected chi connectivity index (χ3v) is 2.84. The summed E-state index contributed by atoms with van der Waals surface area (Å²) >= 11 is 0. The molecule has 0 aromatic carbocycles. The van der Waals surface area contributed by atoms with Gasteiger partial charge < -0.3 is 0 Å². The maximum atomic E-state index is 4.70. The van der Waals surface area contributed by atoms with Crippen molar-refractivity contribution in [2.24, 2.45) is 16.8 Å². The van der Waals surface area contributed by atoms with E-state index in [1.54, 1.807) is 0 Å². The van der Waals surface area contributed by atoms with Crippen LogP contribution in [0.25, 0.3) is 0 Å². The minimum atomic E-state index is 0.671. The quantitative estimate of drug-likeness (QED) is 0.433. The number of allylic oxidation sites excluding steroid dienone is 1. The Balaban J connectivity index is 4.36. The lowest BCUT2D eigenvalue weighted by Crippen LogP contribution is -2.19. The lowest BCUT2D eigenvalue weighted by atomic mass is 9.87. The molecule has 0 radical (unpaired) electrons. The SMILES string of the molecule is CCC=CCN=C(CC)C(CC)C(C)C. The third-order valence-electron chi connectivity index (χ3n) is 2.84. The fourth-order valence-corrected chi connectivity index (χ4v) is 1.99. The Morgan fingerprint density at radius 1 is 1.13 bits per heavy atom. The molecule has 15 heavy (non-hydrogen) atoms. The second-order valence-electron chi connectivity index (χ2n) is 4.32. The molecular weight excluding hydrogens is 182 g/mol. The summed E-state index contributed by atoms with van der Waals surface area (Å²) in [6, 6.07) is 0. The average molecular weight is 209 g/mol. The van der Waals surface area contributed by atoms with Crippen molar-refractivity contribution in [3.05, 3.63) is 12.2 Å². The monoisotopic (exact) mass is 209 g/mol. The molecule has 0 spiro atoms. The Morgan fingerprint density at radius 2 is 1.80 bits per heavy atom. The van der Waals surface area contributed by atoms with Crippen molar-refractivity contribution in [3.63, 3.8) is 0 Å². The zero-order valence-electron chi connectivity index (χ0n) is 11.1. The number of rotatable bonds is 7. The van der Waals surface area contributed by atoms with Gasteiger partial charge >= 0.3 is 0 Å². The Hall–Kier alpha value is -0.590. The zero-order chi connectivity index (χ0) is 11.7. The van der Waals surface area contributed by atoms with Gasteiger partial charge in [-0.25, -0.2) is 0 Å². The van der Waals surface area contributed by atoms with E-state index in [1.807, 2.05) is 0 Å². The van der Waals surface area contributed by atoms with E-state index in [-0.39, 0.29) is 0 Å². The summed E-state index contributed by atoms with van der Waals surface area (Å²) in [5.74, 6) is 1.38. The summed E-state index contributed by atoms with van der Waals surface area (Å²) in [7, 11) is 0. The highest BCUT2D eigenvalue weighted by Gasteiger charge is 2.15. The van der Waals surface area contributed by atoms with Gasteiger partial charge in [0.1, 0.15) is 0 Å². The molecule has 1 unspecified atom stereocenters. The van der Waals surface area contributed by atoms with Crippen LogP contribution in [-0.2, 0) is 0 Å². The molecule has 0 aliphatic carbocycles. The molecule has 0 aromatic heterocycles. The van der Waals surface area contributed by atoms with Crippen LogP contribution in [0.2, 0.25) is 0 Å².